The molecule has 1 saturated heterocycles. The number of hydrogen-bond acceptors (Lipinski definition) is 4. The fourth-order valence-electron chi connectivity index (χ4n) is 2.27. The van der Waals surface area contributed by atoms with Crippen LogP contribution >= 0.6 is 0 Å². The Morgan fingerprint density at radius 1 is 1.61 bits per heavy atom. The molecule has 1 aromatic rings. The molecule has 1 fully saturated rings. The van der Waals surface area contributed by atoms with Gasteiger partial charge in [0.1, 0.15) is 5.82 Å². The molecule has 5 heteroatoms. The number of hydrogen-bond donors (Lipinski definition) is 1. The summed E-state index contributed by atoms with van der Waals surface area (Å²) in [5.41, 5.74) is 0.271. The van der Waals surface area contributed by atoms with Crippen molar-refractivity contribution < 1.29 is 14.6 Å². The molecule has 2 unspecified atom stereocenters. The second-order valence-electron chi connectivity index (χ2n) is 4.69. The normalized spacial score (nSPS) is 24.0. The van der Waals surface area contributed by atoms with E-state index in [1.165, 1.54) is 6.07 Å². The van der Waals surface area contributed by atoms with Crippen LogP contribution < -0.4 is 4.90 Å². The Morgan fingerprint density at radius 3 is 3.06 bits per heavy atom. The van der Waals surface area contributed by atoms with Crippen LogP contribution in [0.5, 0.6) is 0 Å². The number of ether oxygens (including phenoxy) is 1. The first-order valence-electron chi connectivity index (χ1n) is 6.09. The quantitative estimate of drug-likeness (QED) is 0.883. The number of pyridine rings is 1. The topological polar surface area (TPSA) is 62.7 Å². The number of aromatic carboxylic acids is 1. The van der Waals surface area contributed by atoms with Crippen molar-refractivity contribution in [3.05, 3.63) is 23.9 Å². The van der Waals surface area contributed by atoms with E-state index in [0.29, 0.717) is 11.7 Å². The van der Waals surface area contributed by atoms with E-state index in [1.807, 2.05) is 0 Å². The van der Waals surface area contributed by atoms with Crippen molar-refractivity contribution in [1.82, 2.24) is 4.98 Å². The fraction of sp³-hybridized carbons (Fsp3) is 0.538. The molecule has 5 nitrogen and oxygen atoms in total. The Hall–Kier alpha value is -1.62. The van der Waals surface area contributed by atoms with Gasteiger partial charge in [0.15, 0.2) is 0 Å². The maximum Gasteiger partial charge on any atom is 0.335 e. The van der Waals surface area contributed by atoms with Gasteiger partial charge in [-0.3, -0.25) is 0 Å². The third kappa shape index (κ3) is 2.61. The fourth-order valence-corrected chi connectivity index (χ4v) is 2.27. The minimum atomic E-state index is -0.924. The summed E-state index contributed by atoms with van der Waals surface area (Å²) in [5.74, 6) is 0.310. The summed E-state index contributed by atoms with van der Waals surface area (Å²) in [6.45, 7) is 3.82. The number of piperidine rings is 1. The smallest absolute Gasteiger partial charge is 0.335 e. The highest BCUT2D eigenvalue weighted by molar-refractivity contribution is 5.88. The lowest BCUT2D eigenvalue weighted by molar-refractivity contribution is 0.0496. The standard InChI is InChI=1S/C13H18N2O3/c1-9-4-6-15(8-11(9)18-2)12-7-10(13(16)17)3-5-14-12/h3,5,7,9,11H,4,6,8H2,1-2H3,(H,16,17). The van der Waals surface area contributed by atoms with E-state index in [-0.39, 0.29) is 11.7 Å². The monoisotopic (exact) mass is 250 g/mol. The highest BCUT2D eigenvalue weighted by atomic mass is 16.5. The van der Waals surface area contributed by atoms with Gasteiger partial charge in [-0.05, 0) is 24.5 Å². The van der Waals surface area contributed by atoms with Gasteiger partial charge in [0.2, 0.25) is 0 Å². The van der Waals surface area contributed by atoms with Gasteiger partial charge in [0.25, 0.3) is 0 Å². The molecule has 1 aromatic heterocycles. The average Bonchev–Trinajstić information content (AvgIpc) is 2.39. The van der Waals surface area contributed by atoms with E-state index in [0.717, 1.165) is 19.5 Å². The molecular weight excluding hydrogens is 232 g/mol. The van der Waals surface area contributed by atoms with Gasteiger partial charge in [0.05, 0.1) is 11.7 Å². The second-order valence-corrected chi connectivity index (χ2v) is 4.69. The van der Waals surface area contributed by atoms with Crippen LogP contribution in [-0.4, -0.2) is 42.4 Å². The van der Waals surface area contributed by atoms with Crippen molar-refractivity contribution in [2.45, 2.75) is 19.4 Å². The van der Waals surface area contributed by atoms with E-state index in [1.54, 1.807) is 19.4 Å². The highest BCUT2D eigenvalue weighted by Crippen LogP contribution is 2.23. The van der Waals surface area contributed by atoms with Gasteiger partial charge in [-0.15, -0.1) is 0 Å². The zero-order chi connectivity index (χ0) is 13.1. The summed E-state index contributed by atoms with van der Waals surface area (Å²) in [5, 5.41) is 8.98. The zero-order valence-corrected chi connectivity index (χ0v) is 10.7. The minimum Gasteiger partial charge on any atom is -0.478 e. The summed E-state index contributed by atoms with van der Waals surface area (Å²) in [6.07, 6.45) is 2.74. The molecule has 0 saturated carbocycles. The molecule has 1 aliphatic rings. The van der Waals surface area contributed by atoms with Crippen LogP contribution in [0.1, 0.15) is 23.7 Å². The molecule has 2 rings (SSSR count). The predicted octanol–water partition coefficient (Wildman–Crippen LogP) is 1.64. The van der Waals surface area contributed by atoms with Gasteiger partial charge >= 0.3 is 5.97 Å². The molecule has 1 aliphatic heterocycles. The number of nitrogens with zero attached hydrogens (tertiary/aromatic N) is 2. The first-order valence-corrected chi connectivity index (χ1v) is 6.09. The number of carboxylic acids is 1. The summed E-state index contributed by atoms with van der Waals surface area (Å²) >= 11 is 0. The van der Waals surface area contributed by atoms with Crippen LogP contribution in [0.2, 0.25) is 0 Å². The van der Waals surface area contributed by atoms with Crippen molar-refractivity contribution in [3.8, 4) is 0 Å². The van der Waals surface area contributed by atoms with E-state index in [9.17, 15) is 4.79 Å². The molecule has 18 heavy (non-hydrogen) atoms. The zero-order valence-electron chi connectivity index (χ0n) is 10.7. The molecule has 0 radical (unpaired) electrons. The van der Waals surface area contributed by atoms with Gasteiger partial charge in [-0.25, -0.2) is 9.78 Å². The van der Waals surface area contributed by atoms with Crippen molar-refractivity contribution in [1.29, 1.82) is 0 Å². The van der Waals surface area contributed by atoms with Gasteiger partial charge in [-0.2, -0.15) is 0 Å². The Labute approximate surface area is 106 Å². The van der Waals surface area contributed by atoms with Gasteiger partial charge < -0.3 is 14.7 Å². The van der Waals surface area contributed by atoms with Crippen LogP contribution in [0.4, 0.5) is 5.82 Å². The number of carbonyl (C=O) groups is 1. The third-order valence-electron chi connectivity index (χ3n) is 3.51. The van der Waals surface area contributed by atoms with Crippen molar-refractivity contribution in [2.24, 2.45) is 5.92 Å². The first-order chi connectivity index (χ1) is 8.61. The Morgan fingerprint density at radius 2 is 2.39 bits per heavy atom. The van der Waals surface area contributed by atoms with E-state index in [4.69, 9.17) is 9.84 Å². The van der Waals surface area contributed by atoms with Crippen LogP contribution in [0, 0.1) is 5.92 Å². The lowest BCUT2D eigenvalue weighted by Gasteiger charge is -2.36. The molecule has 98 valence electrons. The molecule has 2 heterocycles. The molecule has 0 bridgehead atoms. The number of rotatable bonds is 3. The van der Waals surface area contributed by atoms with E-state index in [2.05, 4.69) is 16.8 Å². The molecule has 0 spiro atoms. The largest absolute Gasteiger partial charge is 0.478 e. The maximum atomic E-state index is 10.9. The van der Waals surface area contributed by atoms with Crippen molar-refractivity contribution >= 4 is 11.8 Å². The SMILES string of the molecule is COC1CN(c2cc(C(=O)O)ccn2)CCC1C. The van der Waals surface area contributed by atoms with E-state index >= 15 is 0 Å². The molecular formula is C13H18N2O3. The third-order valence-corrected chi connectivity index (χ3v) is 3.51. The van der Waals surface area contributed by atoms with Crippen LogP contribution in [0.15, 0.2) is 18.3 Å². The lowest BCUT2D eigenvalue weighted by Crippen LogP contribution is -2.44. The molecule has 1 N–H and O–H groups in total. The van der Waals surface area contributed by atoms with E-state index < -0.39 is 5.97 Å². The molecule has 0 aliphatic carbocycles. The summed E-state index contributed by atoms with van der Waals surface area (Å²) in [7, 11) is 1.71. The Balaban J connectivity index is 2.16. The van der Waals surface area contributed by atoms with Crippen LogP contribution in [0.3, 0.4) is 0 Å². The Kier molecular flexibility index (Phi) is 3.81. The van der Waals surface area contributed by atoms with Crippen molar-refractivity contribution in [2.75, 3.05) is 25.1 Å². The number of methoxy groups -OCH3 is 1. The lowest BCUT2D eigenvalue weighted by atomic mass is 9.96. The number of carboxylic acid groups (broad SMARTS) is 1. The average molecular weight is 250 g/mol. The van der Waals surface area contributed by atoms with Crippen LogP contribution in [0.25, 0.3) is 0 Å². The predicted molar refractivity (Wildman–Crippen MR) is 68.0 cm³/mol. The second kappa shape index (κ2) is 5.35. The molecule has 0 amide bonds. The summed E-state index contributed by atoms with van der Waals surface area (Å²) in [6, 6.07) is 3.12. The minimum absolute atomic E-state index is 0.175. The van der Waals surface area contributed by atoms with Gasteiger partial charge in [0, 0.05) is 26.4 Å². The number of aromatic nitrogens is 1. The highest BCUT2D eigenvalue weighted by Gasteiger charge is 2.26. The molecule has 0 aromatic carbocycles. The molecule has 2 atom stereocenters. The van der Waals surface area contributed by atoms with Crippen LogP contribution in [-0.2, 0) is 4.74 Å². The summed E-state index contributed by atoms with van der Waals surface area (Å²) < 4.78 is 5.45. The number of anilines is 1. The summed E-state index contributed by atoms with van der Waals surface area (Å²) in [4.78, 5) is 17.3. The van der Waals surface area contributed by atoms with Gasteiger partial charge in [-0.1, -0.05) is 6.92 Å². The first kappa shape index (κ1) is 12.8. The van der Waals surface area contributed by atoms with Crippen molar-refractivity contribution in [3.63, 3.8) is 0 Å². The Bertz CT molecular complexity index is 436. The maximum absolute atomic E-state index is 10.9.